The van der Waals surface area contributed by atoms with Crippen LogP contribution in [0.4, 0.5) is 0 Å². The van der Waals surface area contributed by atoms with E-state index < -0.39 is 5.97 Å². The van der Waals surface area contributed by atoms with Gasteiger partial charge in [-0.3, -0.25) is 0 Å². The molecule has 1 aromatic carbocycles. The predicted molar refractivity (Wildman–Crippen MR) is 57.4 cm³/mol. The fraction of sp³-hybridized carbons (Fsp3) is 0.273. The first-order chi connectivity index (χ1) is 6.66. The van der Waals surface area contributed by atoms with Gasteiger partial charge in [-0.25, -0.2) is 4.79 Å². The fourth-order valence-corrected chi connectivity index (χ4v) is 1.04. The van der Waals surface area contributed by atoms with Crippen LogP contribution in [0.2, 0.25) is 0 Å². The number of nitrogens with one attached hydrogen (secondary N) is 1. The van der Waals surface area contributed by atoms with Crippen LogP contribution in [0.15, 0.2) is 18.2 Å². The van der Waals surface area contributed by atoms with Gasteiger partial charge < -0.3 is 10.5 Å². The zero-order chi connectivity index (χ0) is 11.1. The summed E-state index contributed by atoms with van der Waals surface area (Å²) in [6, 6.07) is 4.89. The molecule has 0 radical (unpaired) electrons. The number of carbonyl (C=O) groups is 1. The van der Waals surface area contributed by atoms with Gasteiger partial charge in [-0.05, 0) is 24.1 Å². The van der Waals surface area contributed by atoms with Crippen molar-refractivity contribution < 1.29 is 9.90 Å². The molecule has 14 heavy (non-hydrogen) atoms. The summed E-state index contributed by atoms with van der Waals surface area (Å²) < 4.78 is 0. The number of aromatic carboxylic acids is 1. The van der Waals surface area contributed by atoms with Crippen molar-refractivity contribution in [2.75, 3.05) is 0 Å². The van der Waals surface area contributed by atoms with E-state index in [1.54, 1.807) is 19.1 Å². The molecule has 0 amide bonds. The molecule has 0 saturated carbocycles. The van der Waals surface area contributed by atoms with Crippen molar-refractivity contribution in [1.29, 1.82) is 5.41 Å². The molecule has 3 nitrogen and oxygen atoms in total. The van der Waals surface area contributed by atoms with Crippen LogP contribution in [0.5, 0.6) is 0 Å². The van der Waals surface area contributed by atoms with Crippen LogP contribution in [-0.4, -0.2) is 17.3 Å². The quantitative estimate of drug-likeness (QED) is 0.709. The standard InChI is InChI=1S/C9H9NO2.C2H6/c1-6-7(5-10)3-2-4-8(6)9(11)12;1-2/h2-5,10H,1H3,(H,11,12);1-2H3. The highest BCUT2D eigenvalue weighted by atomic mass is 16.4. The van der Waals surface area contributed by atoms with Gasteiger partial charge in [0.1, 0.15) is 0 Å². The van der Waals surface area contributed by atoms with E-state index in [0.29, 0.717) is 11.1 Å². The zero-order valence-corrected chi connectivity index (χ0v) is 8.66. The van der Waals surface area contributed by atoms with Gasteiger partial charge >= 0.3 is 5.97 Å². The van der Waals surface area contributed by atoms with E-state index in [-0.39, 0.29) is 5.56 Å². The lowest BCUT2D eigenvalue weighted by molar-refractivity contribution is 0.0696. The lowest BCUT2D eigenvalue weighted by atomic mass is 10.0. The van der Waals surface area contributed by atoms with Crippen molar-refractivity contribution in [3.05, 3.63) is 34.9 Å². The number of hydrogen-bond acceptors (Lipinski definition) is 2. The average molecular weight is 193 g/mol. The Balaban J connectivity index is 0.000000791. The molecule has 0 bridgehead atoms. The van der Waals surface area contributed by atoms with Crippen LogP contribution >= 0.6 is 0 Å². The Bertz CT molecular complexity index is 332. The molecule has 0 unspecified atom stereocenters. The summed E-state index contributed by atoms with van der Waals surface area (Å²) in [5.74, 6) is -0.948. The second kappa shape index (κ2) is 5.91. The van der Waals surface area contributed by atoms with Gasteiger partial charge in [-0.2, -0.15) is 0 Å². The second-order valence-corrected chi connectivity index (χ2v) is 2.47. The van der Waals surface area contributed by atoms with Crippen LogP contribution in [0.3, 0.4) is 0 Å². The molecular weight excluding hydrogens is 178 g/mol. The third-order valence-electron chi connectivity index (χ3n) is 1.76. The Kier molecular flexibility index (Phi) is 5.22. The summed E-state index contributed by atoms with van der Waals surface area (Å²) in [6.45, 7) is 5.70. The van der Waals surface area contributed by atoms with Crippen molar-refractivity contribution in [3.8, 4) is 0 Å². The molecule has 0 aliphatic carbocycles. The highest BCUT2D eigenvalue weighted by Gasteiger charge is 2.07. The first-order valence-corrected chi connectivity index (χ1v) is 4.50. The fourth-order valence-electron chi connectivity index (χ4n) is 1.04. The SMILES string of the molecule is CC.Cc1c(C=N)cccc1C(=O)O. The maximum absolute atomic E-state index is 10.6. The Morgan fingerprint density at radius 2 is 2.00 bits per heavy atom. The van der Waals surface area contributed by atoms with Crippen LogP contribution in [0.1, 0.15) is 35.3 Å². The third kappa shape index (κ3) is 2.69. The molecule has 3 heteroatoms. The van der Waals surface area contributed by atoms with Crippen molar-refractivity contribution in [2.45, 2.75) is 20.8 Å². The second-order valence-electron chi connectivity index (χ2n) is 2.47. The summed E-state index contributed by atoms with van der Waals surface area (Å²) in [4.78, 5) is 10.6. The Labute approximate surface area is 83.9 Å². The minimum Gasteiger partial charge on any atom is -0.478 e. The molecule has 0 spiro atoms. The van der Waals surface area contributed by atoms with Crippen LogP contribution in [0, 0.1) is 12.3 Å². The van der Waals surface area contributed by atoms with Crippen molar-refractivity contribution >= 4 is 12.2 Å². The molecule has 0 aromatic heterocycles. The number of carboxylic acids is 1. The number of hydrogen-bond donors (Lipinski definition) is 2. The molecule has 0 heterocycles. The zero-order valence-electron chi connectivity index (χ0n) is 8.66. The van der Waals surface area contributed by atoms with E-state index in [0.717, 1.165) is 6.21 Å². The first-order valence-electron chi connectivity index (χ1n) is 4.50. The molecule has 76 valence electrons. The van der Waals surface area contributed by atoms with E-state index in [4.69, 9.17) is 10.5 Å². The monoisotopic (exact) mass is 193 g/mol. The van der Waals surface area contributed by atoms with E-state index in [2.05, 4.69) is 0 Å². The molecular formula is C11H15NO2. The van der Waals surface area contributed by atoms with Gasteiger partial charge in [-0.15, -0.1) is 0 Å². The molecule has 0 saturated heterocycles. The van der Waals surface area contributed by atoms with E-state index in [1.165, 1.54) is 6.07 Å². The number of carboxylic acid groups (broad SMARTS) is 1. The Morgan fingerprint density at radius 3 is 2.43 bits per heavy atom. The van der Waals surface area contributed by atoms with Gasteiger partial charge in [0.25, 0.3) is 0 Å². The van der Waals surface area contributed by atoms with Crippen LogP contribution < -0.4 is 0 Å². The smallest absolute Gasteiger partial charge is 0.335 e. The minimum atomic E-state index is -0.948. The van der Waals surface area contributed by atoms with Gasteiger partial charge in [-0.1, -0.05) is 26.0 Å². The molecule has 0 aliphatic rings. The number of rotatable bonds is 2. The molecule has 0 aliphatic heterocycles. The average Bonchev–Trinajstić information content (AvgIpc) is 2.21. The van der Waals surface area contributed by atoms with Gasteiger partial charge in [0, 0.05) is 6.21 Å². The van der Waals surface area contributed by atoms with Crippen LogP contribution in [-0.2, 0) is 0 Å². The molecule has 0 fully saturated rings. The summed E-state index contributed by atoms with van der Waals surface area (Å²) in [7, 11) is 0. The molecule has 1 rings (SSSR count). The minimum absolute atomic E-state index is 0.260. The van der Waals surface area contributed by atoms with E-state index in [1.807, 2.05) is 13.8 Å². The van der Waals surface area contributed by atoms with Crippen molar-refractivity contribution in [2.24, 2.45) is 0 Å². The van der Waals surface area contributed by atoms with Crippen molar-refractivity contribution in [1.82, 2.24) is 0 Å². The molecule has 2 N–H and O–H groups in total. The largest absolute Gasteiger partial charge is 0.478 e. The summed E-state index contributed by atoms with van der Waals surface area (Å²) >= 11 is 0. The lowest BCUT2D eigenvalue weighted by Gasteiger charge is -2.02. The molecule has 0 atom stereocenters. The van der Waals surface area contributed by atoms with Crippen molar-refractivity contribution in [3.63, 3.8) is 0 Å². The topological polar surface area (TPSA) is 61.2 Å². The van der Waals surface area contributed by atoms with E-state index >= 15 is 0 Å². The van der Waals surface area contributed by atoms with Gasteiger partial charge in [0.05, 0.1) is 5.56 Å². The normalized spacial score (nSPS) is 8.50. The van der Waals surface area contributed by atoms with Gasteiger partial charge in [0.15, 0.2) is 0 Å². The third-order valence-corrected chi connectivity index (χ3v) is 1.76. The lowest BCUT2D eigenvalue weighted by Crippen LogP contribution is -2.01. The predicted octanol–water partition coefficient (Wildman–Crippen LogP) is 2.72. The van der Waals surface area contributed by atoms with Crippen LogP contribution in [0.25, 0.3) is 0 Å². The highest BCUT2D eigenvalue weighted by molar-refractivity contribution is 5.93. The summed E-state index contributed by atoms with van der Waals surface area (Å²) in [5, 5.41) is 15.7. The highest BCUT2D eigenvalue weighted by Crippen LogP contribution is 2.11. The maximum Gasteiger partial charge on any atom is 0.335 e. The Morgan fingerprint density at radius 1 is 1.43 bits per heavy atom. The summed E-state index contributed by atoms with van der Waals surface area (Å²) in [5.41, 5.74) is 1.55. The van der Waals surface area contributed by atoms with Gasteiger partial charge in [0.2, 0.25) is 0 Å². The first kappa shape index (κ1) is 12.4. The summed E-state index contributed by atoms with van der Waals surface area (Å²) in [6.07, 6.45) is 1.15. The molecule has 1 aromatic rings. The Hall–Kier alpha value is -1.64. The maximum atomic E-state index is 10.6. The number of benzene rings is 1. The van der Waals surface area contributed by atoms with E-state index in [9.17, 15) is 4.79 Å².